The highest BCUT2D eigenvalue weighted by atomic mass is 32.2. The largest absolute Gasteiger partial charge is 0.379 e. The molecule has 0 aromatic carbocycles. The first-order valence-electron chi connectivity index (χ1n) is 7.71. The highest BCUT2D eigenvalue weighted by molar-refractivity contribution is 7.99. The molecule has 0 saturated carbocycles. The van der Waals surface area contributed by atoms with E-state index in [0.717, 1.165) is 32.1 Å². The van der Waals surface area contributed by atoms with Crippen molar-refractivity contribution in [1.82, 2.24) is 10.6 Å². The monoisotopic (exact) mass is 319 g/mol. The number of unbranched alkanes of at least 4 members (excludes halogenated alkanes) is 1. The lowest BCUT2D eigenvalue weighted by Crippen LogP contribution is -2.44. The van der Waals surface area contributed by atoms with Crippen molar-refractivity contribution in [3.05, 3.63) is 0 Å². The summed E-state index contributed by atoms with van der Waals surface area (Å²) in [4.78, 5) is 4.20. The average Bonchev–Trinajstić information content (AvgIpc) is 2.48. The van der Waals surface area contributed by atoms with E-state index in [1.54, 1.807) is 7.05 Å². The van der Waals surface area contributed by atoms with E-state index in [2.05, 4.69) is 42.7 Å². The van der Waals surface area contributed by atoms with Crippen molar-refractivity contribution in [2.24, 2.45) is 4.99 Å². The Hall–Kier alpha value is -0.460. The quantitative estimate of drug-likeness (QED) is 0.328. The molecule has 0 aliphatic carbocycles. The Morgan fingerprint density at radius 1 is 1.10 bits per heavy atom. The molecule has 0 heterocycles. The Morgan fingerprint density at radius 3 is 2.33 bits per heavy atom. The van der Waals surface area contributed by atoms with Crippen molar-refractivity contribution < 1.29 is 9.47 Å². The van der Waals surface area contributed by atoms with Crippen LogP contribution in [0.3, 0.4) is 0 Å². The number of aliphatic imine (C=N–C) groups is 1. The number of nitrogens with one attached hydrogen (secondary N) is 2. The zero-order valence-corrected chi connectivity index (χ0v) is 15.1. The van der Waals surface area contributed by atoms with Gasteiger partial charge >= 0.3 is 0 Å². The van der Waals surface area contributed by atoms with Crippen LogP contribution in [-0.4, -0.2) is 63.5 Å². The lowest BCUT2D eigenvalue weighted by molar-refractivity contribution is 0.0487. The van der Waals surface area contributed by atoms with Gasteiger partial charge in [-0.3, -0.25) is 4.99 Å². The first-order valence-corrected chi connectivity index (χ1v) is 8.93. The normalized spacial score (nSPS) is 12.5. The molecule has 5 nitrogen and oxygen atoms in total. The van der Waals surface area contributed by atoms with E-state index < -0.39 is 0 Å². The van der Waals surface area contributed by atoms with Crippen molar-refractivity contribution in [2.75, 3.05) is 52.8 Å². The van der Waals surface area contributed by atoms with E-state index >= 15 is 0 Å². The number of nitrogens with zero attached hydrogens (tertiary/aromatic N) is 1. The van der Waals surface area contributed by atoms with Crippen LogP contribution in [-0.2, 0) is 9.47 Å². The molecule has 126 valence electrons. The smallest absolute Gasteiger partial charge is 0.191 e. The van der Waals surface area contributed by atoms with E-state index in [1.165, 1.54) is 6.42 Å². The predicted molar refractivity (Wildman–Crippen MR) is 93.5 cm³/mol. The highest BCUT2D eigenvalue weighted by Gasteiger charge is 2.15. The zero-order valence-electron chi connectivity index (χ0n) is 14.3. The van der Waals surface area contributed by atoms with Gasteiger partial charge < -0.3 is 20.1 Å². The van der Waals surface area contributed by atoms with Crippen LogP contribution in [0.2, 0.25) is 0 Å². The van der Waals surface area contributed by atoms with E-state index in [4.69, 9.17) is 9.47 Å². The molecule has 0 unspecified atom stereocenters. The van der Waals surface area contributed by atoms with Gasteiger partial charge in [0.2, 0.25) is 0 Å². The van der Waals surface area contributed by atoms with Gasteiger partial charge in [0.1, 0.15) is 0 Å². The average molecular weight is 320 g/mol. The fraction of sp³-hybridized carbons (Fsp3) is 0.933. The molecule has 2 N–H and O–H groups in total. The van der Waals surface area contributed by atoms with Crippen molar-refractivity contribution in [3.63, 3.8) is 0 Å². The third kappa shape index (κ3) is 13.0. The Labute approximate surface area is 134 Å². The van der Waals surface area contributed by atoms with Gasteiger partial charge in [-0.15, -0.1) is 0 Å². The minimum Gasteiger partial charge on any atom is -0.379 e. The fourth-order valence-corrected chi connectivity index (χ4v) is 1.62. The Morgan fingerprint density at radius 2 is 1.76 bits per heavy atom. The van der Waals surface area contributed by atoms with Crippen molar-refractivity contribution in [3.8, 4) is 0 Å². The summed E-state index contributed by atoms with van der Waals surface area (Å²) < 4.78 is 11.1. The molecule has 0 aromatic rings. The molecule has 0 aliphatic heterocycles. The molecule has 0 amide bonds. The van der Waals surface area contributed by atoms with Crippen LogP contribution in [0, 0.1) is 0 Å². The molecule has 0 aliphatic rings. The minimum atomic E-state index is 0.198. The van der Waals surface area contributed by atoms with Crippen LogP contribution in [0.15, 0.2) is 4.99 Å². The summed E-state index contributed by atoms with van der Waals surface area (Å²) in [7, 11) is 1.78. The topological polar surface area (TPSA) is 54.9 Å². The number of hydrogen-bond acceptors (Lipinski definition) is 4. The molecule has 0 spiro atoms. The Kier molecular flexibility index (Phi) is 12.9. The fourth-order valence-electron chi connectivity index (χ4n) is 1.40. The molecule has 0 saturated heterocycles. The SMILES string of the molecule is CCCCOCCOCCNC(=NC)NCC(C)(C)SC. The Bertz CT molecular complexity index is 274. The number of ether oxygens (including phenoxy) is 2. The van der Waals surface area contributed by atoms with Crippen molar-refractivity contribution in [1.29, 1.82) is 0 Å². The zero-order chi connectivity index (χ0) is 16.0. The maximum Gasteiger partial charge on any atom is 0.191 e. The minimum absolute atomic E-state index is 0.198. The van der Waals surface area contributed by atoms with Crippen molar-refractivity contribution in [2.45, 2.75) is 38.4 Å². The second-order valence-electron chi connectivity index (χ2n) is 5.39. The van der Waals surface area contributed by atoms with E-state index in [0.29, 0.717) is 19.8 Å². The second-order valence-corrected chi connectivity index (χ2v) is 6.91. The van der Waals surface area contributed by atoms with Gasteiger partial charge in [0, 0.05) is 31.5 Å². The molecule has 0 aromatic heterocycles. The second kappa shape index (κ2) is 13.2. The molecule has 21 heavy (non-hydrogen) atoms. The summed E-state index contributed by atoms with van der Waals surface area (Å²) in [5.41, 5.74) is 0. The van der Waals surface area contributed by atoms with E-state index in [-0.39, 0.29) is 4.75 Å². The van der Waals surface area contributed by atoms with Crippen LogP contribution < -0.4 is 10.6 Å². The highest BCUT2D eigenvalue weighted by Crippen LogP contribution is 2.19. The van der Waals surface area contributed by atoms with Crippen LogP contribution in [0.4, 0.5) is 0 Å². The molecular weight excluding hydrogens is 286 g/mol. The van der Waals surface area contributed by atoms with Gasteiger partial charge in [-0.05, 0) is 26.5 Å². The molecule has 0 radical (unpaired) electrons. The van der Waals surface area contributed by atoms with Gasteiger partial charge in [0.05, 0.1) is 19.8 Å². The van der Waals surface area contributed by atoms with Crippen LogP contribution >= 0.6 is 11.8 Å². The standard InChI is InChI=1S/C15H33N3O2S/c1-6-7-9-19-11-12-20-10-8-17-14(16-4)18-13-15(2,3)21-5/h6-13H2,1-5H3,(H2,16,17,18). The predicted octanol–water partition coefficient (Wildman–Crippen LogP) is 2.13. The van der Waals surface area contributed by atoms with Crippen LogP contribution in [0.25, 0.3) is 0 Å². The first kappa shape index (κ1) is 20.5. The lowest BCUT2D eigenvalue weighted by Gasteiger charge is -2.23. The van der Waals surface area contributed by atoms with Gasteiger partial charge in [-0.1, -0.05) is 13.3 Å². The number of rotatable bonds is 12. The first-order chi connectivity index (χ1) is 10.1. The molecule has 6 heteroatoms. The maximum atomic E-state index is 5.50. The van der Waals surface area contributed by atoms with Crippen LogP contribution in [0.5, 0.6) is 0 Å². The summed E-state index contributed by atoms with van der Waals surface area (Å²) in [5.74, 6) is 0.819. The summed E-state index contributed by atoms with van der Waals surface area (Å²) in [5, 5.41) is 6.56. The van der Waals surface area contributed by atoms with E-state index in [1.807, 2.05) is 11.8 Å². The third-order valence-electron chi connectivity index (χ3n) is 3.01. The number of hydrogen-bond donors (Lipinski definition) is 2. The van der Waals surface area contributed by atoms with Gasteiger partial charge in [-0.25, -0.2) is 0 Å². The number of guanidine groups is 1. The van der Waals surface area contributed by atoms with Gasteiger partial charge in [0.15, 0.2) is 5.96 Å². The molecule has 0 atom stereocenters. The molecule has 0 bridgehead atoms. The van der Waals surface area contributed by atoms with Gasteiger partial charge in [0.25, 0.3) is 0 Å². The van der Waals surface area contributed by atoms with Crippen molar-refractivity contribution >= 4 is 17.7 Å². The van der Waals surface area contributed by atoms with Crippen LogP contribution in [0.1, 0.15) is 33.6 Å². The Balaban J connectivity index is 3.52. The summed E-state index contributed by atoms with van der Waals surface area (Å²) >= 11 is 1.84. The molecule has 0 rings (SSSR count). The molecular formula is C15H33N3O2S. The number of thioether (sulfide) groups is 1. The van der Waals surface area contributed by atoms with Gasteiger partial charge in [-0.2, -0.15) is 11.8 Å². The summed E-state index contributed by atoms with van der Waals surface area (Å²) in [6, 6.07) is 0. The summed E-state index contributed by atoms with van der Waals surface area (Å²) in [6.07, 6.45) is 4.41. The molecule has 0 fully saturated rings. The lowest BCUT2D eigenvalue weighted by atomic mass is 10.2. The summed E-state index contributed by atoms with van der Waals surface area (Å²) in [6.45, 7) is 11.0. The maximum absolute atomic E-state index is 5.50. The van der Waals surface area contributed by atoms with E-state index in [9.17, 15) is 0 Å². The third-order valence-corrected chi connectivity index (χ3v) is 4.26.